The van der Waals surface area contributed by atoms with Crippen LogP contribution in [0.15, 0.2) is 24.3 Å². The van der Waals surface area contributed by atoms with Crippen molar-refractivity contribution in [3.63, 3.8) is 0 Å². The third kappa shape index (κ3) is 3.12. The molecule has 0 aromatic heterocycles. The molecule has 3 fully saturated rings. The van der Waals surface area contributed by atoms with Gasteiger partial charge in [-0.1, -0.05) is 30.7 Å². The van der Waals surface area contributed by atoms with Crippen molar-refractivity contribution in [3.05, 3.63) is 35.4 Å². The smallest absolute Gasteiger partial charge is 0.325 e. The summed E-state index contributed by atoms with van der Waals surface area (Å²) in [6.45, 7) is 1.86. The zero-order valence-electron chi connectivity index (χ0n) is 17.7. The van der Waals surface area contributed by atoms with E-state index < -0.39 is 11.6 Å². The van der Waals surface area contributed by atoms with Gasteiger partial charge in [0.05, 0.1) is 0 Å². The second-order valence-electron chi connectivity index (χ2n) is 9.79. The monoisotopic (exact) mass is 409 g/mol. The van der Waals surface area contributed by atoms with Crippen molar-refractivity contribution in [3.8, 4) is 0 Å². The first-order valence-corrected chi connectivity index (χ1v) is 11.5. The normalized spacial score (nSPS) is 33.4. The Bertz CT molecular complexity index is 884. The maximum Gasteiger partial charge on any atom is 0.325 e. The first-order valence-electron chi connectivity index (χ1n) is 11.5. The number of aryl methyl sites for hydroxylation is 1. The molecule has 1 aliphatic heterocycles. The molecule has 0 radical (unpaired) electrons. The van der Waals surface area contributed by atoms with E-state index in [1.54, 1.807) is 0 Å². The van der Waals surface area contributed by atoms with Gasteiger partial charge in [0.15, 0.2) is 0 Å². The van der Waals surface area contributed by atoms with Gasteiger partial charge < -0.3 is 10.6 Å². The van der Waals surface area contributed by atoms with Gasteiger partial charge in [0.25, 0.3) is 5.91 Å². The standard InChI is InChI=1S/C24H31N3O3/c1-15(19-13-16-9-10-18(19)12-16)25-21(28)14-27-22(29)24(26-23(27)30)11-5-4-7-17-6-2-3-8-20(17)24/h2-3,6,8,15-16,18-19H,4-5,7,9-14H2,1H3,(H,25,28)(H,26,30)/t15-,16-,18-,19+,24-/m0/s1. The molecule has 3 aliphatic carbocycles. The summed E-state index contributed by atoms with van der Waals surface area (Å²) in [6, 6.07) is 7.49. The van der Waals surface area contributed by atoms with Gasteiger partial charge >= 0.3 is 6.03 Å². The molecular formula is C24H31N3O3. The summed E-state index contributed by atoms with van der Waals surface area (Å²) in [6.07, 6.45) is 8.41. The van der Waals surface area contributed by atoms with Crippen molar-refractivity contribution in [1.82, 2.24) is 15.5 Å². The van der Waals surface area contributed by atoms with Crippen LogP contribution < -0.4 is 10.6 Å². The number of nitrogens with one attached hydrogen (secondary N) is 2. The van der Waals surface area contributed by atoms with Crippen molar-refractivity contribution < 1.29 is 14.4 Å². The highest BCUT2D eigenvalue weighted by atomic mass is 16.2. The minimum Gasteiger partial charge on any atom is -0.352 e. The highest BCUT2D eigenvalue weighted by Gasteiger charge is 2.53. The SMILES string of the molecule is C[C@H](NC(=O)CN1C(=O)N[C@]2(CCCCc3ccccc32)C1=O)[C@H]1C[C@H]2CC[C@H]1C2. The minimum absolute atomic E-state index is 0.0844. The van der Waals surface area contributed by atoms with E-state index in [-0.39, 0.29) is 24.4 Å². The van der Waals surface area contributed by atoms with Crippen molar-refractivity contribution in [2.24, 2.45) is 17.8 Å². The van der Waals surface area contributed by atoms with E-state index in [0.717, 1.165) is 41.2 Å². The van der Waals surface area contributed by atoms with Crippen LogP contribution in [-0.2, 0) is 21.5 Å². The molecule has 1 aromatic rings. The summed E-state index contributed by atoms with van der Waals surface area (Å²) < 4.78 is 0. The molecule has 30 heavy (non-hydrogen) atoms. The fourth-order valence-corrected chi connectivity index (χ4v) is 6.57. The molecule has 1 saturated heterocycles. The molecule has 160 valence electrons. The lowest BCUT2D eigenvalue weighted by molar-refractivity contribution is -0.135. The van der Waals surface area contributed by atoms with Crippen LogP contribution in [0.4, 0.5) is 4.79 Å². The summed E-state index contributed by atoms with van der Waals surface area (Å²) in [5, 5.41) is 6.04. The number of carbonyl (C=O) groups excluding carboxylic acids is 3. The van der Waals surface area contributed by atoms with Crippen LogP contribution in [0.25, 0.3) is 0 Å². The van der Waals surface area contributed by atoms with Gasteiger partial charge in [-0.05, 0) is 80.8 Å². The lowest BCUT2D eigenvalue weighted by Crippen LogP contribution is -2.47. The molecule has 1 spiro atoms. The van der Waals surface area contributed by atoms with E-state index in [9.17, 15) is 14.4 Å². The largest absolute Gasteiger partial charge is 0.352 e. The number of rotatable bonds is 4. The lowest BCUT2D eigenvalue weighted by atomic mass is 9.84. The second kappa shape index (κ2) is 7.40. The summed E-state index contributed by atoms with van der Waals surface area (Å²) in [7, 11) is 0. The highest BCUT2D eigenvalue weighted by Crippen LogP contribution is 2.49. The second-order valence-corrected chi connectivity index (χ2v) is 9.79. The van der Waals surface area contributed by atoms with Crippen LogP contribution in [0.3, 0.4) is 0 Å². The van der Waals surface area contributed by atoms with Gasteiger partial charge in [0, 0.05) is 6.04 Å². The van der Waals surface area contributed by atoms with Crippen LogP contribution in [0.5, 0.6) is 0 Å². The lowest BCUT2D eigenvalue weighted by Gasteiger charge is -2.29. The van der Waals surface area contributed by atoms with Crippen molar-refractivity contribution >= 4 is 17.8 Å². The van der Waals surface area contributed by atoms with E-state index in [0.29, 0.717) is 18.3 Å². The van der Waals surface area contributed by atoms with E-state index in [4.69, 9.17) is 0 Å². The van der Waals surface area contributed by atoms with Crippen molar-refractivity contribution in [2.45, 2.75) is 69.9 Å². The first-order chi connectivity index (χ1) is 14.5. The topological polar surface area (TPSA) is 78.5 Å². The Labute approximate surface area is 177 Å². The molecule has 0 unspecified atom stereocenters. The molecule has 2 saturated carbocycles. The van der Waals surface area contributed by atoms with E-state index in [2.05, 4.69) is 17.6 Å². The predicted octanol–water partition coefficient (Wildman–Crippen LogP) is 3.10. The van der Waals surface area contributed by atoms with Crippen LogP contribution in [0.2, 0.25) is 0 Å². The Morgan fingerprint density at radius 1 is 1.23 bits per heavy atom. The molecule has 1 heterocycles. The molecule has 2 bridgehead atoms. The van der Waals surface area contributed by atoms with Crippen molar-refractivity contribution in [2.75, 3.05) is 6.54 Å². The Balaban J connectivity index is 1.30. The predicted molar refractivity (Wildman–Crippen MR) is 112 cm³/mol. The Kier molecular flexibility index (Phi) is 4.83. The van der Waals surface area contributed by atoms with E-state index >= 15 is 0 Å². The minimum atomic E-state index is -1.03. The molecular weight excluding hydrogens is 378 g/mol. The average Bonchev–Trinajstić information content (AvgIpc) is 3.38. The number of urea groups is 1. The molecule has 4 amide bonds. The number of hydrogen-bond donors (Lipinski definition) is 2. The van der Waals surface area contributed by atoms with Gasteiger partial charge in [-0.15, -0.1) is 0 Å². The third-order valence-corrected chi connectivity index (χ3v) is 8.03. The van der Waals surface area contributed by atoms with Gasteiger partial charge in [-0.2, -0.15) is 0 Å². The molecule has 6 heteroatoms. The number of benzene rings is 1. The van der Waals surface area contributed by atoms with E-state index in [1.807, 2.05) is 24.3 Å². The number of carbonyl (C=O) groups is 3. The summed E-state index contributed by atoms with van der Waals surface area (Å²) in [4.78, 5) is 40.1. The molecule has 5 atom stereocenters. The number of amides is 4. The maximum atomic E-state index is 13.5. The van der Waals surface area contributed by atoms with Gasteiger partial charge in [0.1, 0.15) is 12.1 Å². The summed E-state index contributed by atoms with van der Waals surface area (Å²) in [5.74, 6) is 1.53. The average molecular weight is 410 g/mol. The molecule has 2 N–H and O–H groups in total. The van der Waals surface area contributed by atoms with Crippen LogP contribution in [-0.4, -0.2) is 35.3 Å². The highest BCUT2D eigenvalue weighted by molar-refractivity contribution is 6.09. The van der Waals surface area contributed by atoms with Gasteiger partial charge in [-0.25, -0.2) is 4.79 Å². The van der Waals surface area contributed by atoms with Crippen LogP contribution in [0, 0.1) is 17.8 Å². The molecule has 4 aliphatic rings. The van der Waals surface area contributed by atoms with Crippen LogP contribution >= 0.6 is 0 Å². The number of nitrogens with zero attached hydrogens (tertiary/aromatic N) is 1. The molecule has 6 nitrogen and oxygen atoms in total. The quantitative estimate of drug-likeness (QED) is 0.750. The van der Waals surface area contributed by atoms with Crippen LogP contribution in [0.1, 0.15) is 63.0 Å². The van der Waals surface area contributed by atoms with E-state index in [1.165, 1.54) is 25.7 Å². The fraction of sp³-hybridized carbons (Fsp3) is 0.625. The number of imide groups is 1. The Morgan fingerprint density at radius 2 is 2.07 bits per heavy atom. The maximum absolute atomic E-state index is 13.5. The third-order valence-electron chi connectivity index (χ3n) is 8.03. The molecule has 1 aromatic carbocycles. The number of hydrogen-bond acceptors (Lipinski definition) is 3. The van der Waals surface area contributed by atoms with Gasteiger partial charge in [-0.3, -0.25) is 14.5 Å². The first kappa shape index (κ1) is 19.6. The Hall–Kier alpha value is -2.37. The summed E-state index contributed by atoms with van der Waals surface area (Å²) >= 11 is 0. The zero-order chi connectivity index (χ0) is 20.9. The van der Waals surface area contributed by atoms with Crippen molar-refractivity contribution in [1.29, 1.82) is 0 Å². The van der Waals surface area contributed by atoms with Gasteiger partial charge in [0.2, 0.25) is 5.91 Å². The Morgan fingerprint density at radius 3 is 2.83 bits per heavy atom. The fourth-order valence-electron chi connectivity index (χ4n) is 6.57. The summed E-state index contributed by atoms with van der Waals surface area (Å²) in [5.41, 5.74) is 0.972. The number of fused-ring (bicyclic) bond motifs is 4. The molecule has 5 rings (SSSR count). The zero-order valence-corrected chi connectivity index (χ0v) is 17.7.